The zero-order valence-corrected chi connectivity index (χ0v) is 19.1. The Hall–Kier alpha value is -3.22. The van der Waals surface area contributed by atoms with Gasteiger partial charge in [-0.2, -0.15) is 0 Å². The van der Waals surface area contributed by atoms with E-state index in [0.29, 0.717) is 22.9 Å². The van der Waals surface area contributed by atoms with Crippen LogP contribution in [0.25, 0.3) is 21.7 Å². The summed E-state index contributed by atoms with van der Waals surface area (Å²) in [6.07, 6.45) is 7.40. The van der Waals surface area contributed by atoms with Crippen molar-refractivity contribution in [2.75, 3.05) is 31.5 Å². The van der Waals surface area contributed by atoms with Crippen molar-refractivity contribution in [3.05, 3.63) is 71.5 Å². The van der Waals surface area contributed by atoms with Gasteiger partial charge in [-0.25, -0.2) is 4.98 Å². The number of hydrogen-bond donors (Lipinski definition) is 2. The predicted molar refractivity (Wildman–Crippen MR) is 134 cm³/mol. The van der Waals surface area contributed by atoms with Crippen LogP contribution in [0.2, 0.25) is 5.02 Å². The highest BCUT2D eigenvalue weighted by Gasteiger charge is 2.14. The number of piperidine rings is 1. The molecule has 0 aliphatic carbocycles. The van der Waals surface area contributed by atoms with Gasteiger partial charge in [0.1, 0.15) is 5.82 Å². The Balaban J connectivity index is 1.41. The van der Waals surface area contributed by atoms with E-state index in [1.54, 1.807) is 6.20 Å². The molecular weight excluding hydrogens is 434 g/mol. The minimum Gasteiger partial charge on any atom is -0.351 e. The van der Waals surface area contributed by atoms with Crippen molar-refractivity contribution in [3.63, 3.8) is 0 Å². The lowest BCUT2D eigenvalue weighted by Gasteiger charge is -2.26. The molecule has 0 bridgehead atoms. The van der Waals surface area contributed by atoms with Crippen LogP contribution in [0.1, 0.15) is 29.6 Å². The van der Waals surface area contributed by atoms with Crippen LogP contribution in [-0.2, 0) is 0 Å². The number of amides is 1. The number of hydrogen-bond acceptors (Lipinski definition) is 5. The molecule has 4 aromatic rings. The first kappa shape index (κ1) is 21.6. The van der Waals surface area contributed by atoms with Crippen LogP contribution in [-0.4, -0.2) is 47.0 Å². The Morgan fingerprint density at radius 1 is 1.00 bits per heavy atom. The summed E-state index contributed by atoms with van der Waals surface area (Å²) >= 11 is 6.15. The molecule has 0 saturated carbocycles. The highest BCUT2D eigenvalue weighted by Crippen LogP contribution is 2.31. The topological polar surface area (TPSA) is 70.2 Å². The van der Waals surface area contributed by atoms with Gasteiger partial charge in [-0.05, 0) is 62.3 Å². The van der Waals surface area contributed by atoms with Gasteiger partial charge >= 0.3 is 0 Å². The highest BCUT2D eigenvalue weighted by atomic mass is 35.5. The van der Waals surface area contributed by atoms with Gasteiger partial charge in [0.15, 0.2) is 0 Å². The Kier molecular flexibility index (Phi) is 6.37. The summed E-state index contributed by atoms with van der Waals surface area (Å²) in [6, 6.07) is 15.1. The number of carbonyl (C=O) groups excluding carboxylic acids is 1. The van der Waals surface area contributed by atoms with Crippen LogP contribution >= 0.6 is 11.6 Å². The number of nitrogens with zero attached hydrogens (tertiary/aromatic N) is 3. The first-order valence-electron chi connectivity index (χ1n) is 11.4. The molecule has 1 aliphatic heterocycles. The number of halogens is 1. The summed E-state index contributed by atoms with van der Waals surface area (Å²) in [5.41, 5.74) is 2.19. The van der Waals surface area contributed by atoms with Crippen LogP contribution in [0.4, 0.5) is 11.5 Å². The van der Waals surface area contributed by atoms with Crippen molar-refractivity contribution in [1.82, 2.24) is 20.2 Å². The van der Waals surface area contributed by atoms with Crippen molar-refractivity contribution in [3.8, 4) is 0 Å². The fourth-order valence-electron chi connectivity index (χ4n) is 4.40. The first-order valence-corrected chi connectivity index (χ1v) is 11.8. The van der Waals surface area contributed by atoms with Crippen molar-refractivity contribution >= 4 is 50.7 Å². The molecule has 1 amide bonds. The third-order valence-electron chi connectivity index (χ3n) is 6.11. The lowest BCUT2D eigenvalue weighted by atomic mass is 10.1. The molecule has 0 atom stereocenters. The summed E-state index contributed by atoms with van der Waals surface area (Å²) in [5.74, 6) is 0.621. The Bertz CT molecular complexity index is 1300. The molecule has 5 rings (SSSR count). The van der Waals surface area contributed by atoms with E-state index in [1.165, 1.54) is 19.3 Å². The third-order valence-corrected chi connectivity index (χ3v) is 6.34. The minimum atomic E-state index is -0.0775. The normalized spacial score (nSPS) is 14.5. The van der Waals surface area contributed by atoms with Crippen molar-refractivity contribution in [2.45, 2.75) is 19.3 Å². The van der Waals surface area contributed by atoms with Crippen molar-refractivity contribution < 1.29 is 4.79 Å². The molecule has 6 nitrogen and oxygen atoms in total. The van der Waals surface area contributed by atoms with E-state index in [0.717, 1.165) is 47.0 Å². The molecule has 33 heavy (non-hydrogen) atoms. The molecule has 1 saturated heterocycles. The Morgan fingerprint density at radius 2 is 1.88 bits per heavy atom. The van der Waals surface area contributed by atoms with Crippen molar-refractivity contribution in [2.24, 2.45) is 0 Å². The molecule has 0 unspecified atom stereocenters. The molecular formula is C26H26ClN5O. The standard InChI is InChI=1S/C26H26ClN5O/c27-19-5-4-6-20(16-19)30-25-22-9-10-28-17-23(22)21-8-7-18(15-24(21)31-25)26(33)29-11-14-32-12-2-1-3-13-32/h4-10,15-17H,1-3,11-14H2,(H,29,33)(H,30,31). The smallest absolute Gasteiger partial charge is 0.251 e. The SMILES string of the molecule is O=C(NCCN1CCCCC1)c1ccc2c(c1)nc(Nc1cccc(Cl)c1)c1ccncc12. The number of carbonyl (C=O) groups is 1. The van der Waals surface area contributed by atoms with Gasteiger partial charge in [0.2, 0.25) is 0 Å². The Morgan fingerprint density at radius 3 is 2.73 bits per heavy atom. The van der Waals surface area contributed by atoms with Crippen LogP contribution in [0.3, 0.4) is 0 Å². The average molecular weight is 460 g/mol. The van der Waals surface area contributed by atoms with Crippen molar-refractivity contribution in [1.29, 1.82) is 0 Å². The van der Waals surface area contributed by atoms with E-state index in [9.17, 15) is 4.79 Å². The lowest BCUT2D eigenvalue weighted by molar-refractivity contribution is 0.0946. The maximum atomic E-state index is 12.8. The van der Waals surface area contributed by atoms with Crippen LogP contribution in [0.5, 0.6) is 0 Å². The van der Waals surface area contributed by atoms with Gasteiger partial charge in [-0.15, -0.1) is 0 Å². The van der Waals surface area contributed by atoms with Crippen LogP contribution in [0.15, 0.2) is 60.9 Å². The molecule has 0 spiro atoms. The number of benzene rings is 2. The maximum Gasteiger partial charge on any atom is 0.251 e. The summed E-state index contributed by atoms with van der Waals surface area (Å²) in [7, 11) is 0. The largest absolute Gasteiger partial charge is 0.351 e. The van der Waals surface area contributed by atoms with E-state index >= 15 is 0 Å². The monoisotopic (exact) mass is 459 g/mol. The Labute approximate surface area is 198 Å². The predicted octanol–water partition coefficient (Wildman–Crippen LogP) is 5.40. The van der Waals surface area contributed by atoms with Gasteiger partial charge in [0.05, 0.1) is 5.52 Å². The molecule has 7 heteroatoms. The van der Waals surface area contributed by atoms with E-state index in [1.807, 2.05) is 54.7 Å². The van der Waals surface area contributed by atoms with E-state index in [2.05, 4.69) is 20.5 Å². The van der Waals surface area contributed by atoms with Gasteiger partial charge in [0.25, 0.3) is 5.91 Å². The molecule has 1 aliphatic rings. The number of pyridine rings is 2. The second-order valence-electron chi connectivity index (χ2n) is 8.41. The number of nitrogens with one attached hydrogen (secondary N) is 2. The minimum absolute atomic E-state index is 0.0775. The molecule has 2 aromatic heterocycles. The van der Waals surface area contributed by atoms with Gasteiger partial charge in [-0.3, -0.25) is 9.78 Å². The number of aromatic nitrogens is 2. The van der Waals surface area contributed by atoms with Crippen LogP contribution in [0, 0.1) is 0 Å². The number of rotatable bonds is 6. The molecule has 1 fully saturated rings. The lowest BCUT2D eigenvalue weighted by Crippen LogP contribution is -2.37. The highest BCUT2D eigenvalue weighted by molar-refractivity contribution is 6.30. The number of fused-ring (bicyclic) bond motifs is 3. The second kappa shape index (κ2) is 9.73. The van der Waals surface area contributed by atoms with Gasteiger partial charge in [0, 0.05) is 57.9 Å². The van der Waals surface area contributed by atoms with Gasteiger partial charge < -0.3 is 15.5 Å². The van der Waals surface area contributed by atoms with E-state index < -0.39 is 0 Å². The fraction of sp³-hybridized carbons (Fsp3) is 0.269. The fourth-order valence-corrected chi connectivity index (χ4v) is 4.59. The summed E-state index contributed by atoms with van der Waals surface area (Å²) in [6.45, 7) is 3.79. The first-order chi connectivity index (χ1) is 16.2. The number of anilines is 2. The zero-order valence-electron chi connectivity index (χ0n) is 18.4. The maximum absolute atomic E-state index is 12.8. The van der Waals surface area contributed by atoms with Crippen LogP contribution < -0.4 is 10.6 Å². The van der Waals surface area contributed by atoms with E-state index in [-0.39, 0.29) is 5.91 Å². The molecule has 3 heterocycles. The third kappa shape index (κ3) is 4.92. The molecule has 168 valence electrons. The average Bonchev–Trinajstić information content (AvgIpc) is 2.84. The number of likely N-dealkylation sites (tertiary alicyclic amines) is 1. The van der Waals surface area contributed by atoms with Gasteiger partial charge in [-0.1, -0.05) is 30.2 Å². The van der Waals surface area contributed by atoms with E-state index in [4.69, 9.17) is 16.6 Å². The second-order valence-corrected chi connectivity index (χ2v) is 8.84. The summed E-state index contributed by atoms with van der Waals surface area (Å²) in [5, 5.41) is 9.96. The summed E-state index contributed by atoms with van der Waals surface area (Å²) < 4.78 is 0. The summed E-state index contributed by atoms with van der Waals surface area (Å²) in [4.78, 5) is 24.4. The molecule has 2 N–H and O–H groups in total. The molecule has 2 aromatic carbocycles. The zero-order chi connectivity index (χ0) is 22.6. The molecule has 0 radical (unpaired) electrons. The quantitative estimate of drug-likeness (QED) is 0.378.